The molecule has 0 heterocycles. The molecule has 0 radical (unpaired) electrons. The van der Waals surface area contributed by atoms with Crippen LogP contribution in [0.25, 0.3) is 0 Å². The number of nitrogens with one attached hydrogen (secondary N) is 1. The third-order valence-corrected chi connectivity index (χ3v) is 4.50. The Labute approximate surface area is 172 Å². The summed E-state index contributed by atoms with van der Waals surface area (Å²) < 4.78 is 11.4. The Kier molecular flexibility index (Phi) is 7.70. The number of benzene rings is 3. The van der Waals surface area contributed by atoms with E-state index in [9.17, 15) is 4.79 Å². The second kappa shape index (κ2) is 10.9. The lowest BCUT2D eigenvalue weighted by atomic mass is 10.2. The molecule has 0 bridgehead atoms. The van der Waals surface area contributed by atoms with E-state index in [1.807, 2.05) is 54.6 Å². The highest BCUT2D eigenvalue weighted by atomic mass is 16.5. The molecule has 3 rings (SSSR count). The zero-order chi connectivity index (χ0) is 20.3. The van der Waals surface area contributed by atoms with Crippen LogP contribution < -0.4 is 14.8 Å². The number of carbonyl (C=O) groups is 1. The predicted octanol–water partition coefficient (Wildman–Crippen LogP) is 5.74. The average Bonchev–Trinajstić information content (AvgIpc) is 2.76. The lowest BCUT2D eigenvalue weighted by Gasteiger charge is -2.09. The maximum absolute atomic E-state index is 12.4. The minimum Gasteiger partial charge on any atom is -0.494 e. The van der Waals surface area contributed by atoms with E-state index in [1.165, 1.54) is 5.56 Å². The standard InChI is InChI=1S/C25H27NO3/c1-2-3-18-28-23-13-9-21(10-14-23)25(27)26-22-11-15-24(16-12-22)29-19-17-20-7-5-4-6-8-20/h4-16H,2-3,17-19H2,1H3,(H,26,27). The average molecular weight is 389 g/mol. The topological polar surface area (TPSA) is 47.6 Å². The molecular formula is C25H27NO3. The van der Waals surface area contributed by atoms with E-state index in [0.717, 1.165) is 36.4 Å². The van der Waals surface area contributed by atoms with Crippen LogP contribution in [0.5, 0.6) is 11.5 Å². The highest BCUT2D eigenvalue weighted by Crippen LogP contribution is 2.18. The van der Waals surface area contributed by atoms with Gasteiger partial charge < -0.3 is 14.8 Å². The summed E-state index contributed by atoms with van der Waals surface area (Å²) in [7, 11) is 0. The maximum atomic E-state index is 12.4. The Morgan fingerprint density at radius 1 is 0.793 bits per heavy atom. The van der Waals surface area contributed by atoms with Crippen LogP contribution in [-0.2, 0) is 6.42 Å². The molecule has 0 aliphatic rings. The van der Waals surface area contributed by atoms with Crippen molar-refractivity contribution >= 4 is 11.6 Å². The first-order valence-corrected chi connectivity index (χ1v) is 10.1. The quantitative estimate of drug-likeness (QED) is 0.450. The summed E-state index contributed by atoms with van der Waals surface area (Å²) in [5.41, 5.74) is 2.57. The van der Waals surface area contributed by atoms with E-state index in [1.54, 1.807) is 12.1 Å². The SMILES string of the molecule is CCCCOc1ccc(C(=O)Nc2ccc(OCCc3ccccc3)cc2)cc1. The van der Waals surface area contributed by atoms with Gasteiger partial charge in [-0.2, -0.15) is 0 Å². The molecule has 0 atom stereocenters. The Bertz CT molecular complexity index is 874. The molecular weight excluding hydrogens is 362 g/mol. The summed E-state index contributed by atoms with van der Waals surface area (Å²) in [6, 6.07) is 24.9. The number of carbonyl (C=O) groups excluding carboxylic acids is 1. The van der Waals surface area contributed by atoms with Gasteiger partial charge in [-0.1, -0.05) is 43.7 Å². The van der Waals surface area contributed by atoms with Gasteiger partial charge in [0.1, 0.15) is 11.5 Å². The van der Waals surface area contributed by atoms with Gasteiger partial charge in [0.2, 0.25) is 0 Å². The van der Waals surface area contributed by atoms with Gasteiger partial charge in [-0.15, -0.1) is 0 Å². The third kappa shape index (κ3) is 6.68. The first kappa shape index (κ1) is 20.5. The zero-order valence-corrected chi connectivity index (χ0v) is 16.8. The molecule has 0 aromatic heterocycles. The number of hydrogen-bond acceptors (Lipinski definition) is 3. The number of rotatable bonds is 10. The fraction of sp³-hybridized carbons (Fsp3) is 0.240. The first-order chi connectivity index (χ1) is 14.2. The van der Waals surface area contributed by atoms with Crippen LogP contribution in [0.1, 0.15) is 35.7 Å². The van der Waals surface area contributed by atoms with Crippen LogP contribution in [0.4, 0.5) is 5.69 Å². The molecule has 1 N–H and O–H groups in total. The van der Waals surface area contributed by atoms with E-state index < -0.39 is 0 Å². The fourth-order valence-corrected chi connectivity index (χ4v) is 2.81. The van der Waals surface area contributed by atoms with Crippen molar-refractivity contribution in [3.63, 3.8) is 0 Å². The van der Waals surface area contributed by atoms with Gasteiger partial charge >= 0.3 is 0 Å². The summed E-state index contributed by atoms with van der Waals surface area (Å²) >= 11 is 0. The number of unbranched alkanes of at least 4 members (excludes halogenated alkanes) is 1. The van der Waals surface area contributed by atoms with Crippen LogP contribution in [0, 0.1) is 0 Å². The molecule has 4 heteroatoms. The molecule has 0 fully saturated rings. The molecule has 3 aromatic carbocycles. The summed E-state index contributed by atoms with van der Waals surface area (Å²) in [5.74, 6) is 1.42. The van der Waals surface area contributed by atoms with E-state index >= 15 is 0 Å². The van der Waals surface area contributed by atoms with E-state index in [-0.39, 0.29) is 5.91 Å². The molecule has 4 nitrogen and oxygen atoms in total. The summed E-state index contributed by atoms with van der Waals surface area (Å²) in [5, 5.41) is 2.90. The largest absolute Gasteiger partial charge is 0.494 e. The van der Waals surface area contributed by atoms with Gasteiger partial charge in [-0.05, 0) is 60.5 Å². The number of anilines is 1. The van der Waals surface area contributed by atoms with Crippen molar-refractivity contribution in [1.29, 1.82) is 0 Å². The van der Waals surface area contributed by atoms with Crippen molar-refractivity contribution < 1.29 is 14.3 Å². The molecule has 1 amide bonds. The van der Waals surface area contributed by atoms with E-state index in [0.29, 0.717) is 18.8 Å². The summed E-state index contributed by atoms with van der Waals surface area (Å²) in [4.78, 5) is 12.4. The van der Waals surface area contributed by atoms with Gasteiger partial charge in [-0.25, -0.2) is 0 Å². The second-order valence-electron chi connectivity index (χ2n) is 6.79. The fourth-order valence-electron chi connectivity index (χ4n) is 2.81. The van der Waals surface area contributed by atoms with Crippen molar-refractivity contribution in [1.82, 2.24) is 0 Å². The Morgan fingerprint density at radius 3 is 2.07 bits per heavy atom. The van der Waals surface area contributed by atoms with Crippen molar-refractivity contribution in [3.8, 4) is 11.5 Å². The van der Waals surface area contributed by atoms with Gasteiger partial charge in [-0.3, -0.25) is 4.79 Å². The second-order valence-corrected chi connectivity index (χ2v) is 6.79. The maximum Gasteiger partial charge on any atom is 0.255 e. The van der Waals surface area contributed by atoms with Crippen molar-refractivity contribution in [2.24, 2.45) is 0 Å². The smallest absolute Gasteiger partial charge is 0.255 e. The van der Waals surface area contributed by atoms with Crippen LogP contribution in [0.3, 0.4) is 0 Å². The van der Waals surface area contributed by atoms with Crippen LogP contribution >= 0.6 is 0 Å². The predicted molar refractivity (Wildman–Crippen MR) is 117 cm³/mol. The number of ether oxygens (including phenoxy) is 2. The van der Waals surface area contributed by atoms with Gasteiger partial charge in [0, 0.05) is 17.7 Å². The molecule has 0 aliphatic heterocycles. The minimum atomic E-state index is -0.150. The van der Waals surface area contributed by atoms with Gasteiger partial charge in [0.15, 0.2) is 0 Å². The first-order valence-electron chi connectivity index (χ1n) is 10.1. The van der Waals surface area contributed by atoms with E-state index in [4.69, 9.17) is 9.47 Å². The van der Waals surface area contributed by atoms with Crippen molar-refractivity contribution in [3.05, 3.63) is 90.0 Å². The Balaban J connectivity index is 1.46. The van der Waals surface area contributed by atoms with Gasteiger partial charge in [0.05, 0.1) is 13.2 Å². The normalized spacial score (nSPS) is 10.4. The van der Waals surface area contributed by atoms with Gasteiger partial charge in [0.25, 0.3) is 5.91 Å². The minimum absolute atomic E-state index is 0.150. The highest BCUT2D eigenvalue weighted by Gasteiger charge is 2.07. The highest BCUT2D eigenvalue weighted by molar-refractivity contribution is 6.04. The molecule has 0 unspecified atom stereocenters. The molecule has 0 spiro atoms. The van der Waals surface area contributed by atoms with Crippen LogP contribution in [0.15, 0.2) is 78.9 Å². The van der Waals surface area contributed by atoms with E-state index in [2.05, 4.69) is 24.4 Å². The Morgan fingerprint density at radius 2 is 1.41 bits per heavy atom. The third-order valence-electron chi connectivity index (χ3n) is 4.50. The molecule has 3 aromatic rings. The number of hydrogen-bond donors (Lipinski definition) is 1. The number of amides is 1. The Hall–Kier alpha value is -3.27. The summed E-state index contributed by atoms with van der Waals surface area (Å²) in [6.45, 7) is 3.43. The lowest BCUT2D eigenvalue weighted by molar-refractivity contribution is 0.102. The zero-order valence-electron chi connectivity index (χ0n) is 16.8. The van der Waals surface area contributed by atoms with Crippen LogP contribution in [0.2, 0.25) is 0 Å². The summed E-state index contributed by atoms with van der Waals surface area (Å²) in [6.07, 6.45) is 2.98. The van der Waals surface area contributed by atoms with Crippen LogP contribution in [-0.4, -0.2) is 19.1 Å². The van der Waals surface area contributed by atoms with Crippen molar-refractivity contribution in [2.75, 3.05) is 18.5 Å². The lowest BCUT2D eigenvalue weighted by Crippen LogP contribution is -2.11. The monoisotopic (exact) mass is 389 g/mol. The molecule has 0 saturated heterocycles. The molecule has 29 heavy (non-hydrogen) atoms. The molecule has 0 aliphatic carbocycles. The van der Waals surface area contributed by atoms with Crippen molar-refractivity contribution in [2.45, 2.75) is 26.2 Å². The molecule has 0 saturated carbocycles. The molecule has 150 valence electrons.